The minimum atomic E-state index is -1.34. The van der Waals surface area contributed by atoms with Crippen LogP contribution in [0.5, 0.6) is 5.88 Å². The predicted molar refractivity (Wildman–Crippen MR) is 149 cm³/mol. The number of ether oxygens (including phenoxy) is 4. The van der Waals surface area contributed by atoms with E-state index in [1.807, 2.05) is 7.05 Å². The first-order chi connectivity index (χ1) is 19.6. The average Bonchev–Trinajstić information content (AvgIpc) is 3.59. The van der Waals surface area contributed by atoms with Gasteiger partial charge < -0.3 is 44.8 Å². The number of carbonyl (C=O) groups is 1. The molecule has 1 aliphatic rings. The van der Waals surface area contributed by atoms with Crippen LogP contribution >= 0.6 is 0 Å². The van der Waals surface area contributed by atoms with E-state index >= 15 is 0 Å². The molecule has 0 aliphatic carbocycles. The highest BCUT2D eigenvalue weighted by Gasteiger charge is 2.37. The fourth-order valence-corrected chi connectivity index (χ4v) is 4.19. The summed E-state index contributed by atoms with van der Waals surface area (Å²) in [7, 11) is 3.33. The smallest absolute Gasteiger partial charge is 0.408 e. The van der Waals surface area contributed by atoms with Crippen molar-refractivity contribution >= 4 is 34.7 Å². The lowest BCUT2D eigenvalue weighted by molar-refractivity contribution is 0.0467. The van der Waals surface area contributed by atoms with E-state index in [2.05, 4.69) is 30.7 Å². The number of alkyl carbamates (subject to hydrolysis) is 1. The number of imidazole rings is 1. The van der Waals surface area contributed by atoms with E-state index < -0.39 is 23.9 Å². The molecule has 0 radical (unpaired) electrons. The van der Waals surface area contributed by atoms with Crippen molar-refractivity contribution < 1.29 is 28.1 Å². The standard InChI is InChI=1S/C25H39FN10O5/c1-25(2,3)41-24(37)30-17-13-35(12-16(17)26)23-31-20(19-21(32-23)34(4)15-28-19)29-18-14-36(33-22(18)38-5)7-9-40-11-10-39-8-6-27/h14-17H,6-13,27H2,1-5H3,(H,30,37)(H,29,31,32)/t16-,17-/m1/s1. The van der Waals surface area contributed by atoms with Gasteiger partial charge in [0.2, 0.25) is 5.95 Å². The van der Waals surface area contributed by atoms with Gasteiger partial charge in [-0.05, 0) is 20.8 Å². The summed E-state index contributed by atoms with van der Waals surface area (Å²) in [5.74, 6) is 1.04. The summed E-state index contributed by atoms with van der Waals surface area (Å²) in [5.41, 5.74) is 6.34. The first kappa shape index (κ1) is 30.2. The zero-order chi connectivity index (χ0) is 29.6. The molecule has 1 fully saturated rings. The highest BCUT2D eigenvalue weighted by atomic mass is 19.1. The van der Waals surface area contributed by atoms with Crippen LogP contribution < -0.4 is 26.0 Å². The van der Waals surface area contributed by atoms with Crippen molar-refractivity contribution in [2.24, 2.45) is 12.8 Å². The zero-order valence-corrected chi connectivity index (χ0v) is 24.1. The van der Waals surface area contributed by atoms with Gasteiger partial charge in [-0.1, -0.05) is 0 Å². The summed E-state index contributed by atoms with van der Waals surface area (Å²) in [5, 5.41) is 10.3. The lowest BCUT2D eigenvalue weighted by Gasteiger charge is -2.22. The Morgan fingerprint density at radius 2 is 1.93 bits per heavy atom. The van der Waals surface area contributed by atoms with E-state index in [1.54, 1.807) is 47.4 Å². The van der Waals surface area contributed by atoms with E-state index in [4.69, 9.17) is 24.7 Å². The molecule has 3 aromatic heterocycles. The van der Waals surface area contributed by atoms with Crippen molar-refractivity contribution in [2.45, 2.75) is 45.1 Å². The van der Waals surface area contributed by atoms with E-state index in [1.165, 1.54) is 7.11 Å². The second-order valence-corrected chi connectivity index (χ2v) is 10.5. The number of halogens is 1. The molecule has 4 rings (SSSR count). The maximum atomic E-state index is 15.0. The molecule has 2 atom stereocenters. The lowest BCUT2D eigenvalue weighted by Crippen LogP contribution is -2.44. The number of hydrogen-bond donors (Lipinski definition) is 3. The Balaban J connectivity index is 1.48. The topological polar surface area (TPSA) is 169 Å². The summed E-state index contributed by atoms with van der Waals surface area (Å²) in [4.78, 5) is 27.7. The number of methoxy groups -OCH3 is 1. The summed E-state index contributed by atoms with van der Waals surface area (Å²) < 4.78 is 40.0. The molecule has 15 nitrogen and oxygen atoms in total. The molecule has 0 saturated carbocycles. The number of nitrogens with two attached hydrogens (primary N) is 1. The highest BCUT2D eigenvalue weighted by molar-refractivity contribution is 5.87. The Morgan fingerprint density at radius 3 is 2.63 bits per heavy atom. The molecule has 3 aromatic rings. The van der Waals surface area contributed by atoms with Gasteiger partial charge in [-0.2, -0.15) is 9.97 Å². The van der Waals surface area contributed by atoms with Gasteiger partial charge >= 0.3 is 6.09 Å². The molecule has 1 saturated heterocycles. The molecular weight excluding hydrogens is 539 g/mol. The SMILES string of the molecule is COc1nn(CCOCCOCCN)cc1Nc1nc(N2C[C@@H](F)[C@H](NC(=O)OC(C)(C)C)C2)nc2c1ncn2C. The van der Waals surface area contributed by atoms with E-state index in [9.17, 15) is 9.18 Å². The van der Waals surface area contributed by atoms with Crippen LogP contribution in [0.15, 0.2) is 12.5 Å². The quantitative estimate of drug-likeness (QED) is 0.249. The van der Waals surface area contributed by atoms with Gasteiger partial charge in [-0.25, -0.2) is 14.2 Å². The maximum Gasteiger partial charge on any atom is 0.408 e. The van der Waals surface area contributed by atoms with E-state index in [0.717, 1.165) is 0 Å². The summed E-state index contributed by atoms with van der Waals surface area (Å²) >= 11 is 0. The van der Waals surface area contributed by atoms with Crippen molar-refractivity contribution in [3.05, 3.63) is 12.5 Å². The van der Waals surface area contributed by atoms with Crippen molar-refractivity contribution in [1.29, 1.82) is 0 Å². The molecule has 41 heavy (non-hydrogen) atoms. The third-order valence-corrected chi connectivity index (χ3v) is 6.05. The number of carbonyl (C=O) groups excluding carboxylic acids is 1. The van der Waals surface area contributed by atoms with Crippen LogP contribution in [0.25, 0.3) is 11.2 Å². The van der Waals surface area contributed by atoms with Crippen LogP contribution in [0.3, 0.4) is 0 Å². The number of anilines is 3. The lowest BCUT2D eigenvalue weighted by atomic mass is 10.2. The predicted octanol–water partition coefficient (Wildman–Crippen LogP) is 1.36. The van der Waals surface area contributed by atoms with Crippen LogP contribution in [-0.2, 0) is 27.8 Å². The summed E-state index contributed by atoms with van der Waals surface area (Å²) in [6.45, 7) is 8.23. The average molecular weight is 579 g/mol. The van der Waals surface area contributed by atoms with Gasteiger partial charge in [-0.15, -0.1) is 5.10 Å². The number of aromatic nitrogens is 6. The number of hydrogen-bond acceptors (Lipinski definition) is 12. The zero-order valence-electron chi connectivity index (χ0n) is 24.1. The number of fused-ring (bicyclic) bond motifs is 1. The highest BCUT2D eigenvalue weighted by Crippen LogP contribution is 2.31. The van der Waals surface area contributed by atoms with E-state index in [0.29, 0.717) is 68.1 Å². The number of alkyl halides is 1. The molecular formula is C25H39FN10O5. The Labute approximate surface area is 237 Å². The first-order valence-corrected chi connectivity index (χ1v) is 13.4. The number of amides is 1. The number of nitrogens with zero attached hydrogens (tertiary/aromatic N) is 7. The molecule has 4 N–H and O–H groups in total. The van der Waals surface area contributed by atoms with Crippen molar-refractivity contribution in [2.75, 3.05) is 63.4 Å². The molecule has 0 bridgehead atoms. The van der Waals surface area contributed by atoms with Crippen LogP contribution in [0.2, 0.25) is 0 Å². The fourth-order valence-electron chi connectivity index (χ4n) is 4.19. The monoisotopic (exact) mass is 578 g/mol. The minimum absolute atomic E-state index is 0.00176. The Hall–Kier alpha value is -3.76. The van der Waals surface area contributed by atoms with Gasteiger partial charge in [-0.3, -0.25) is 4.68 Å². The molecule has 0 spiro atoms. The Morgan fingerprint density at radius 1 is 1.17 bits per heavy atom. The third-order valence-electron chi connectivity index (χ3n) is 6.05. The van der Waals surface area contributed by atoms with Crippen LogP contribution in [0.1, 0.15) is 20.8 Å². The number of rotatable bonds is 13. The molecule has 16 heteroatoms. The second-order valence-electron chi connectivity index (χ2n) is 10.5. The number of aryl methyl sites for hydroxylation is 1. The van der Waals surface area contributed by atoms with E-state index in [-0.39, 0.29) is 19.0 Å². The van der Waals surface area contributed by atoms with Crippen LogP contribution in [0.4, 0.5) is 26.6 Å². The minimum Gasteiger partial charge on any atom is -0.478 e. The Kier molecular flexibility index (Phi) is 9.77. The largest absolute Gasteiger partial charge is 0.478 e. The maximum absolute atomic E-state index is 15.0. The van der Waals surface area contributed by atoms with Crippen molar-refractivity contribution in [1.82, 2.24) is 34.6 Å². The normalized spacial score (nSPS) is 17.3. The van der Waals surface area contributed by atoms with Gasteiger partial charge in [0.25, 0.3) is 5.88 Å². The Bertz CT molecular complexity index is 1310. The van der Waals surface area contributed by atoms with Crippen LogP contribution in [-0.4, -0.2) is 106 Å². The molecule has 1 amide bonds. The van der Waals surface area contributed by atoms with Gasteiger partial charge in [0.1, 0.15) is 17.5 Å². The first-order valence-electron chi connectivity index (χ1n) is 13.4. The third kappa shape index (κ3) is 7.92. The molecule has 4 heterocycles. The van der Waals surface area contributed by atoms with Crippen molar-refractivity contribution in [3.63, 3.8) is 0 Å². The van der Waals surface area contributed by atoms with Gasteiger partial charge in [0, 0.05) is 20.1 Å². The van der Waals surface area contributed by atoms with Crippen molar-refractivity contribution in [3.8, 4) is 5.88 Å². The summed E-state index contributed by atoms with van der Waals surface area (Å²) in [6, 6.07) is -0.778. The van der Waals surface area contributed by atoms with Gasteiger partial charge in [0.15, 0.2) is 17.0 Å². The number of nitrogens with one attached hydrogen (secondary N) is 2. The molecule has 226 valence electrons. The fraction of sp³-hybridized carbons (Fsp3) is 0.640. The second kappa shape index (κ2) is 13.3. The molecule has 1 aliphatic heterocycles. The molecule has 0 unspecified atom stereocenters. The van der Waals surface area contributed by atoms with Crippen LogP contribution in [0, 0.1) is 0 Å². The summed E-state index contributed by atoms with van der Waals surface area (Å²) in [6.07, 6.45) is 1.39. The van der Waals surface area contributed by atoms with Gasteiger partial charge in [0.05, 0.1) is 65.2 Å². The molecule has 0 aromatic carbocycles.